The fourth-order valence-electron chi connectivity index (χ4n) is 2.59. The van der Waals surface area contributed by atoms with Crippen LogP contribution in [-0.4, -0.2) is 61.2 Å². The maximum Gasteiger partial charge on any atom is 0.315 e. The van der Waals surface area contributed by atoms with E-state index < -0.39 is 27.9 Å². The number of piperazine rings is 1. The van der Waals surface area contributed by atoms with Gasteiger partial charge in [0, 0.05) is 37.8 Å². The van der Waals surface area contributed by atoms with E-state index in [0.29, 0.717) is 26.2 Å². The highest BCUT2D eigenvalue weighted by Crippen LogP contribution is 2.39. The molecular weight excluding hydrogens is 344 g/mol. The number of benzene rings is 1. The number of hydrogen-bond donors (Lipinski definition) is 2. The molecule has 0 aliphatic carbocycles. The van der Waals surface area contributed by atoms with Gasteiger partial charge < -0.3 is 24.8 Å². The van der Waals surface area contributed by atoms with E-state index in [-0.39, 0.29) is 17.1 Å². The number of hydrogen-bond acceptors (Lipinski definition) is 8. The van der Waals surface area contributed by atoms with Gasteiger partial charge in [-0.3, -0.25) is 14.9 Å². The summed E-state index contributed by atoms with van der Waals surface area (Å²) in [6, 6.07) is 3.98. The molecule has 1 heterocycles. The van der Waals surface area contributed by atoms with Crippen LogP contribution >= 0.6 is 0 Å². The predicted octanol–water partition coefficient (Wildman–Crippen LogP) is 0.836. The Hall–Kier alpha value is -3.32. The van der Waals surface area contributed by atoms with Crippen molar-refractivity contribution >= 4 is 17.4 Å². The predicted molar refractivity (Wildman–Crippen MR) is 90.8 cm³/mol. The van der Waals surface area contributed by atoms with Gasteiger partial charge in [-0.2, -0.15) is 5.26 Å². The molecule has 26 heavy (non-hydrogen) atoms. The van der Waals surface area contributed by atoms with Gasteiger partial charge in [0.2, 0.25) is 5.75 Å². The van der Waals surface area contributed by atoms with Crippen molar-refractivity contribution in [1.29, 1.82) is 5.26 Å². The summed E-state index contributed by atoms with van der Waals surface area (Å²) in [5, 5.41) is 34.1. The van der Waals surface area contributed by atoms with Gasteiger partial charge in [-0.25, -0.2) is 0 Å². The summed E-state index contributed by atoms with van der Waals surface area (Å²) in [4.78, 5) is 24.5. The van der Waals surface area contributed by atoms with E-state index in [9.17, 15) is 25.3 Å². The number of nitro benzene ring substituents is 1. The minimum Gasteiger partial charge on any atom is -0.506 e. The zero-order valence-electron chi connectivity index (χ0n) is 14.3. The van der Waals surface area contributed by atoms with Crippen molar-refractivity contribution in [3.05, 3.63) is 33.4 Å². The first kappa shape index (κ1) is 19.0. The summed E-state index contributed by atoms with van der Waals surface area (Å²) in [5.41, 5.74) is -1.04. The molecule has 10 nitrogen and oxygen atoms in total. The van der Waals surface area contributed by atoms with Crippen LogP contribution in [0.1, 0.15) is 5.56 Å². The number of nitriles is 1. The SMILES string of the molecule is COc1cc(/C(O)=C(\C#N)C(=O)N2CCNCC2)cc([N+](=O)[O-])c1OC. The first-order chi connectivity index (χ1) is 12.4. The zero-order chi connectivity index (χ0) is 19.3. The van der Waals surface area contributed by atoms with Gasteiger partial charge in [0.1, 0.15) is 11.8 Å². The summed E-state index contributed by atoms with van der Waals surface area (Å²) in [7, 11) is 2.53. The molecule has 2 N–H and O–H groups in total. The lowest BCUT2D eigenvalue weighted by atomic mass is 10.1. The van der Waals surface area contributed by atoms with Gasteiger partial charge in [0.05, 0.1) is 19.1 Å². The second-order valence-corrected chi connectivity index (χ2v) is 5.37. The lowest BCUT2D eigenvalue weighted by molar-refractivity contribution is -0.385. The zero-order valence-corrected chi connectivity index (χ0v) is 14.3. The van der Waals surface area contributed by atoms with Crippen molar-refractivity contribution in [1.82, 2.24) is 10.2 Å². The van der Waals surface area contributed by atoms with Crippen molar-refractivity contribution in [2.45, 2.75) is 0 Å². The molecule has 1 fully saturated rings. The molecular formula is C16H18N4O6. The second-order valence-electron chi connectivity index (χ2n) is 5.37. The Labute approximate surface area is 149 Å². The molecule has 0 unspecified atom stereocenters. The Balaban J connectivity index is 2.54. The monoisotopic (exact) mass is 362 g/mol. The molecule has 0 saturated carbocycles. The average molecular weight is 362 g/mol. The van der Waals surface area contributed by atoms with Crippen molar-refractivity contribution in [3.63, 3.8) is 0 Å². The Kier molecular flexibility index (Phi) is 5.98. The molecule has 0 bridgehead atoms. The number of amides is 1. The summed E-state index contributed by atoms with van der Waals surface area (Å²) >= 11 is 0. The van der Waals surface area contributed by atoms with Crippen LogP contribution in [0.2, 0.25) is 0 Å². The number of carbonyl (C=O) groups is 1. The van der Waals surface area contributed by atoms with Gasteiger partial charge in [-0.05, 0) is 6.07 Å². The molecule has 2 rings (SSSR count). The lowest BCUT2D eigenvalue weighted by Gasteiger charge is -2.27. The van der Waals surface area contributed by atoms with Gasteiger partial charge in [0.15, 0.2) is 11.3 Å². The van der Waals surface area contributed by atoms with E-state index in [1.54, 1.807) is 6.07 Å². The van der Waals surface area contributed by atoms with Crippen LogP contribution in [0.15, 0.2) is 17.7 Å². The van der Waals surface area contributed by atoms with Crippen molar-refractivity contribution < 1.29 is 24.3 Å². The molecule has 1 saturated heterocycles. The van der Waals surface area contributed by atoms with Gasteiger partial charge >= 0.3 is 5.69 Å². The van der Waals surface area contributed by atoms with Crippen LogP contribution < -0.4 is 14.8 Å². The number of methoxy groups -OCH3 is 2. The maximum atomic E-state index is 12.5. The summed E-state index contributed by atoms with van der Waals surface area (Å²) in [5.74, 6) is -1.42. The molecule has 1 aliphatic heterocycles. The Bertz CT molecular complexity index is 793. The summed E-state index contributed by atoms with van der Waals surface area (Å²) in [6.45, 7) is 1.94. The fraction of sp³-hybridized carbons (Fsp3) is 0.375. The second kappa shape index (κ2) is 8.17. The topological polar surface area (TPSA) is 138 Å². The minimum absolute atomic E-state index is 0.00448. The molecule has 1 aromatic carbocycles. The van der Waals surface area contributed by atoms with Crippen LogP contribution in [-0.2, 0) is 4.79 Å². The Morgan fingerprint density at radius 3 is 2.50 bits per heavy atom. The lowest BCUT2D eigenvalue weighted by Crippen LogP contribution is -2.46. The standard InChI is InChI=1S/C16H18N4O6/c1-25-13-8-10(7-12(20(23)24)15(13)26-2)14(21)11(9-17)16(22)19-5-3-18-4-6-19/h7-8,18,21H,3-6H2,1-2H3/b14-11-. The first-order valence-corrected chi connectivity index (χ1v) is 7.68. The van der Waals surface area contributed by atoms with Crippen molar-refractivity contribution in [3.8, 4) is 17.6 Å². The number of ether oxygens (including phenoxy) is 2. The number of aliphatic hydroxyl groups is 1. The quantitative estimate of drug-likeness (QED) is 0.258. The average Bonchev–Trinajstić information content (AvgIpc) is 2.67. The van der Waals surface area contributed by atoms with E-state index in [1.807, 2.05) is 0 Å². The van der Waals surface area contributed by atoms with Crippen LogP contribution in [0.25, 0.3) is 5.76 Å². The maximum absolute atomic E-state index is 12.5. The molecule has 10 heteroatoms. The number of aliphatic hydroxyl groups excluding tert-OH is 1. The van der Waals surface area contributed by atoms with E-state index in [2.05, 4.69) is 5.32 Å². The Morgan fingerprint density at radius 1 is 1.35 bits per heavy atom. The highest BCUT2D eigenvalue weighted by molar-refractivity contribution is 6.03. The Morgan fingerprint density at radius 2 is 2.00 bits per heavy atom. The molecule has 0 atom stereocenters. The first-order valence-electron chi connectivity index (χ1n) is 7.68. The van der Waals surface area contributed by atoms with Gasteiger partial charge in [0.25, 0.3) is 5.91 Å². The number of nitro groups is 1. The molecule has 0 spiro atoms. The van der Waals surface area contributed by atoms with Crippen LogP contribution in [0.3, 0.4) is 0 Å². The third-order valence-corrected chi connectivity index (χ3v) is 3.90. The highest BCUT2D eigenvalue weighted by Gasteiger charge is 2.27. The normalized spacial score (nSPS) is 14.9. The summed E-state index contributed by atoms with van der Waals surface area (Å²) < 4.78 is 10.0. The number of rotatable bonds is 5. The molecule has 138 valence electrons. The van der Waals surface area contributed by atoms with Crippen LogP contribution in [0.5, 0.6) is 11.5 Å². The van der Waals surface area contributed by atoms with E-state index in [1.165, 1.54) is 25.2 Å². The third kappa shape index (κ3) is 3.68. The number of nitrogens with zero attached hydrogens (tertiary/aromatic N) is 3. The van der Waals surface area contributed by atoms with Gasteiger partial charge in [-0.15, -0.1) is 0 Å². The molecule has 1 aliphatic rings. The minimum atomic E-state index is -0.706. The largest absolute Gasteiger partial charge is 0.506 e. The van der Waals surface area contributed by atoms with Crippen molar-refractivity contribution in [2.75, 3.05) is 40.4 Å². The van der Waals surface area contributed by atoms with E-state index in [0.717, 1.165) is 6.07 Å². The molecule has 1 amide bonds. The van der Waals surface area contributed by atoms with E-state index >= 15 is 0 Å². The van der Waals surface area contributed by atoms with Crippen LogP contribution in [0.4, 0.5) is 5.69 Å². The molecule has 0 aromatic heterocycles. The summed E-state index contributed by atoms with van der Waals surface area (Å²) in [6.07, 6.45) is 0. The van der Waals surface area contributed by atoms with Crippen molar-refractivity contribution in [2.24, 2.45) is 0 Å². The fourth-order valence-corrected chi connectivity index (χ4v) is 2.59. The number of carbonyl (C=O) groups excluding carboxylic acids is 1. The smallest absolute Gasteiger partial charge is 0.315 e. The number of nitrogens with one attached hydrogen (secondary N) is 1. The van der Waals surface area contributed by atoms with Crippen LogP contribution in [0, 0.1) is 21.4 Å². The molecule has 1 aromatic rings. The van der Waals surface area contributed by atoms with Gasteiger partial charge in [-0.1, -0.05) is 0 Å². The third-order valence-electron chi connectivity index (χ3n) is 3.90. The molecule has 0 radical (unpaired) electrons. The van der Waals surface area contributed by atoms with E-state index in [4.69, 9.17) is 9.47 Å². The highest BCUT2D eigenvalue weighted by atomic mass is 16.6.